The predicted molar refractivity (Wildman–Crippen MR) is 78.9 cm³/mol. The van der Waals surface area contributed by atoms with Gasteiger partial charge in [0.2, 0.25) is 0 Å². The molecular weight excluding hydrogens is 288 g/mol. The second-order valence-electron chi connectivity index (χ2n) is 4.62. The number of aliphatic hydroxyl groups is 1. The maximum Gasteiger partial charge on any atom is 0.0502 e. The zero-order valence-corrected chi connectivity index (χ0v) is 12.0. The summed E-state index contributed by atoms with van der Waals surface area (Å²) in [5.74, 6) is 0.167. The molecule has 0 bridgehead atoms. The fourth-order valence-corrected chi connectivity index (χ4v) is 2.52. The molecule has 0 aliphatic heterocycles. The second-order valence-corrected chi connectivity index (χ2v) is 5.54. The average molecular weight is 305 g/mol. The van der Waals surface area contributed by atoms with E-state index in [-0.39, 0.29) is 12.5 Å². The third kappa shape index (κ3) is 3.44. The van der Waals surface area contributed by atoms with Gasteiger partial charge >= 0.3 is 0 Å². The van der Waals surface area contributed by atoms with Crippen molar-refractivity contribution in [3.8, 4) is 0 Å². The van der Waals surface area contributed by atoms with Crippen LogP contribution in [0.25, 0.3) is 0 Å². The number of rotatable bonds is 4. The molecule has 2 rings (SSSR count). The van der Waals surface area contributed by atoms with E-state index in [4.69, 9.17) is 0 Å². The maximum absolute atomic E-state index is 9.57. The van der Waals surface area contributed by atoms with Crippen molar-refractivity contribution in [2.75, 3.05) is 6.61 Å². The number of hydrogen-bond donors (Lipinski definition) is 1. The molecule has 1 atom stereocenters. The molecule has 0 spiro atoms. The molecule has 2 aromatic carbocycles. The topological polar surface area (TPSA) is 20.2 Å². The van der Waals surface area contributed by atoms with Crippen molar-refractivity contribution in [2.24, 2.45) is 0 Å². The molecule has 1 N–H and O–H groups in total. The summed E-state index contributed by atoms with van der Waals surface area (Å²) >= 11 is 3.48. The van der Waals surface area contributed by atoms with Gasteiger partial charge < -0.3 is 5.11 Å². The minimum absolute atomic E-state index is 0.167. The summed E-state index contributed by atoms with van der Waals surface area (Å²) in [4.78, 5) is 0. The van der Waals surface area contributed by atoms with Gasteiger partial charge in [-0.05, 0) is 36.6 Å². The van der Waals surface area contributed by atoms with Crippen molar-refractivity contribution in [3.05, 3.63) is 69.7 Å². The highest BCUT2D eigenvalue weighted by molar-refractivity contribution is 9.10. The van der Waals surface area contributed by atoms with Gasteiger partial charge in [0.05, 0.1) is 6.61 Å². The lowest BCUT2D eigenvalue weighted by Crippen LogP contribution is -2.07. The van der Waals surface area contributed by atoms with Crippen LogP contribution < -0.4 is 0 Å². The highest BCUT2D eigenvalue weighted by Gasteiger charge is 2.11. The summed E-state index contributed by atoms with van der Waals surface area (Å²) in [7, 11) is 0. The summed E-state index contributed by atoms with van der Waals surface area (Å²) in [5.41, 5.74) is 3.69. The van der Waals surface area contributed by atoms with Crippen LogP contribution in [0.15, 0.2) is 53.0 Å². The molecule has 0 aliphatic carbocycles. The molecule has 0 amide bonds. The molecule has 1 unspecified atom stereocenters. The summed E-state index contributed by atoms with van der Waals surface area (Å²) in [6, 6.07) is 16.7. The zero-order valence-electron chi connectivity index (χ0n) is 10.4. The molecular formula is C16H17BrO. The minimum atomic E-state index is 0.167. The molecule has 0 radical (unpaired) electrons. The van der Waals surface area contributed by atoms with E-state index in [2.05, 4.69) is 59.3 Å². The van der Waals surface area contributed by atoms with Crippen molar-refractivity contribution in [1.82, 2.24) is 0 Å². The highest BCUT2D eigenvalue weighted by Crippen LogP contribution is 2.22. The summed E-state index contributed by atoms with van der Waals surface area (Å²) in [6.45, 7) is 2.25. The van der Waals surface area contributed by atoms with E-state index in [0.717, 1.165) is 10.9 Å². The van der Waals surface area contributed by atoms with Crippen molar-refractivity contribution >= 4 is 15.9 Å². The van der Waals surface area contributed by atoms with E-state index < -0.39 is 0 Å². The fraction of sp³-hybridized carbons (Fsp3) is 0.250. The molecule has 1 nitrogen and oxygen atoms in total. The Morgan fingerprint density at radius 3 is 2.44 bits per heavy atom. The van der Waals surface area contributed by atoms with Crippen LogP contribution in [0.1, 0.15) is 22.6 Å². The SMILES string of the molecule is Cc1ccc(C(CO)Cc2cccc(Br)c2)cc1. The highest BCUT2D eigenvalue weighted by atomic mass is 79.9. The first-order chi connectivity index (χ1) is 8.69. The van der Waals surface area contributed by atoms with Gasteiger partial charge in [0.25, 0.3) is 0 Å². The van der Waals surface area contributed by atoms with Gasteiger partial charge in [0, 0.05) is 10.4 Å². The van der Waals surface area contributed by atoms with Crippen molar-refractivity contribution < 1.29 is 5.11 Å². The lowest BCUT2D eigenvalue weighted by atomic mass is 9.92. The Kier molecular flexibility index (Phi) is 4.56. The average Bonchev–Trinajstić information content (AvgIpc) is 2.37. The van der Waals surface area contributed by atoms with Crippen LogP contribution in [-0.2, 0) is 6.42 Å². The Bertz CT molecular complexity index is 505. The lowest BCUT2D eigenvalue weighted by molar-refractivity contribution is 0.264. The van der Waals surface area contributed by atoms with Crippen molar-refractivity contribution in [1.29, 1.82) is 0 Å². The molecule has 0 aromatic heterocycles. The van der Waals surface area contributed by atoms with Crippen LogP contribution in [0.5, 0.6) is 0 Å². The van der Waals surface area contributed by atoms with Crippen LogP contribution in [0.4, 0.5) is 0 Å². The smallest absolute Gasteiger partial charge is 0.0502 e. The molecule has 2 heteroatoms. The summed E-state index contributed by atoms with van der Waals surface area (Å²) in [6.07, 6.45) is 0.860. The lowest BCUT2D eigenvalue weighted by Gasteiger charge is -2.15. The first-order valence-corrected chi connectivity index (χ1v) is 6.90. The molecule has 0 aliphatic rings. The molecule has 0 fully saturated rings. The monoisotopic (exact) mass is 304 g/mol. The van der Waals surface area contributed by atoms with Crippen LogP contribution in [-0.4, -0.2) is 11.7 Å². The quantitative estimate of drug-likeness (QED) is 0.902. The predicted octanol–water partition coefficient (Wildman–Crippen LogP) is 4.08. The van der Waals surface area contributed by atoms with Gasteiger partial charge in [-0.15, -0.1) is 0 Å². The third-order valence-corrected chi connectivity index (χ3v) is 3.63. The fourth-order valence-electron chi connectivity index (χ4n) is 2.07. The Labute approximate surface area is 117 Å². The van der Waals surface area contributed by atoms with Gasteiger partial charge in [0.15, 0.2) is 0 Å². The van der Waals surface area contributed by atoms with Crippen LogP contribution in [0.3, 0.4) is 0 Å². The van der Waals surface area contributed by atoms with Gasteiger partial charge in [-0.25, -0.2) is 0 Å². The normalized spacial score (nSPS) is 12.4. The second kappa shape index (κ2) is 6.17. The number of halogens is 1. The summed E-state index contributed by atoms with van der Waals surface area (Å²) in [5, 5.41) is 9.57. The standard InChI is InChI=1S/C16H17BrO/c1-12-5-7-14(8-6-12)15(11-18)9-13-3-2-4-16(17)10-13/h2-8,10,15,18H,9,11H2,1H3. The van der Waals surface area contributed by atoms with E-state index in [1.165, 1.54) is 16.7 Å². The van der Waals surface area contributed by atoms with Gasteiger partial charge in [0.1, 0.15) is 0 Å². The third-order valence-electron chi connectivity index (χ3n) is 3.14. The van der Waals surface area contributed by atoms with Crippen LogP contribution in [0, 0.1) is 6.92 Å². The number of benzene rings is 2. The Balaban J connectivity index is 2.17. The molecule has 94 valence electrons. The van der Waals surface area contributed by atoms with Crippen molar-refractivity contribution in [2.45, 2.75) is 19.3 Å². The molecule has 18 heavy (non-hydrogen) atoms. The van der Waals surface area contributed by atoms with E-state index in [0.29, 0.717) is 0 Å². The van der Waals surface area contributed by atoms with Crippen LogP contribution >= 0.6 is 15.9 Å². The van der Waals surface area contributed by atoms with E-state index in [1.807, 2.05) is 12.1 Å². The number of aryl methyl sites for hydroxylation is 1. The Hall–Kier alpha value is -1.12. The van der Waals surface area contributed by atoms with Gasteiger partial charge in [-0.1, -0.05) is 57.9 Å². The first kappa shape index (κ1) is 13.3. The molecule has 2 aromatic rings. The maximum atomic E-state index is 9.57. The van der Waals surface area contributed by atoms with Gasteiger partial charge in [-0.3, -0.25) is 0 Å². The van der Waals surface area contributed by atoms with Crippen molar-refractivity contribution in [3.63, 3.8) is 0 Å². The first-order valence-electron chi connectivity index (χ1n) is 6.11. The molecule has 0 saturated heterocycles. The largest absolute Gasteiger partial charge is 0.396 e. The number of hydrogen-bond acceptors (Lipinski definition) is 1. The molecule has 0 saturated carbocycles. The molecule has 0 heterocycles. The minimum Gasteiger partial charge on any atom is -0.396 e. The Morgan fingerprint density at radius 1 is 1.11 bits per heavy atom. The van der Waals surface area contributed by atoms with E-state index in [1.54, 1.807) is 0 Å². The van der Waals surface area contributed by atoms with E-state index >= 15 is 0 Å². The van der Waals surface area contributed by atoms with Crippen LogP contribution in [0.2, 0.25) is 0 Å². The number of aliphatic hydroxyl groups excluding tert-OH is 1. The zero-order chi connectivity index (χ0) is 13.0. The van der Waals surface area contributed by atoms with E-state index in [9.17, 15) is 5.11 Å². The Morgan fingerprint density at radius 2 is 1.83 bits per heavy atom. The summed E-state index contributed by atoms with van der Waals surface area (Å²) < 4.78 is 1.08. The van der Waals surface area contributed by atoms with Gasteiger partial charge in [-0.2, -0.15) is 0 Å².